The molecule has 7 nitrogen and oxygen atoms in total. The van der Waals surface area contributed by atoms with E-state index in [-0.39, 0.29) is 17.0 Å². The van der Waals surface area contributed by atoms with Crippen molar-refractivity contribution in [2.24, 2.45) is 0 Å². The Labute approximate surface area is 162 Å². The molecule has 3 N–H and O–H groups in total. The van der Waals surface area contributed by atoms with Crippen molar-refractivity contribution in [2.75, 3.05) is 10.6 Å². The molecule has 1 aromatic heterocycles. The third-order valence-electron chi connectivity index (χ3n) is 3.61. The first-order chi connectivity index (χ1) is 12.9. The topological polar surface area (TPSA) is 109 Å². The van der Waals surface area contributed by atoms with Crippen LogP contribution in [0.2, 0.25) is 0 Å². The van der Waals surface area contributed by atoms with Gasteiger partial charge in [0.2, 0.25) is 0 Å². The van der Waals surface area contributed by atoms with Crippen LogP contribution < -0.4 is 10.6 Å². The number of aromatic carboxylic acids is 1. The van der Waals surface area contributed by atoms with E-state index in [1.54, 1.807) is 24.3 Å². The number of benzene rings is 2. The van der Waals surface area contributed by atoms with Crippen LogP contribution in [0.4, 0.5) is 11.4 Å². The van der Waals surface area contributed by atoms with Crippen molar-refractivity contribution in [1.29, 1.82) is 0 Å². The van der Waals surface area contributed by atoms with Crippen molar-refractivity contribution >= 4 is 45.1 Å². The van der Waals surface area contributed by atoms with Crippen LogP contribution in [-0.2, 0) is 0 Å². The Morgan fingerprint density at radius 1 is 0.926 bits per heavy atom. The number of carbonyl (C=O) groups is 3. The Balaban J connectivity index is 1.71. The number of carboxylic acids is 1. The van der Waals surface area contributed by atoms with E-state index in [1.807, 2.05) is 0 Å². The van der Waals surface area contributed by atoms with Crippen LogP contribution in [0.3, 0.4) is 0 Å². The second-order valence-electron chi connectivity index (χ2n) is 5.46. The molecule has 0 saturated heterocycles. The molecule has 8 heteroatoms. The van der Waals surface area contributed by atoms with E-state index in [4.69, 9.17) is 4.42 Å². The first-order valence-electron chi connectivity index (χ1n) is 7.73. The van der Waals surface area contributed by atoms with E-state index < -0.39 is 17.8 Å². The van der Waals surface area contributed by atoms with Crippen LogP contribution in [0.1, 0.15) is 31.3 Å². The zero-order valence-corrected chi connectivity index (χ0v) is 15.3. The fourth-order valence-electron chi connectivity index (χ4n) is 2.30. The van der Waals surface area contributed by atoms with Crippen LogP contribution in [0.5, 0.6) is 0 Å². The summed E-state index contributed by atoms with van der Waals surface area (Å²) < 4.78 is 5.60. The number of halogens is 1. The van der Waals surface area contributed by atoms with Gasteiger partial charge in [0.25, 0.3) is 11.8 Å². The number of rotatable bonds is 5. The van der Waals surface area contributed by atoms with Gasteiger partial charge in [-0.15, -0.1) is 0 Å². The predicted molar refractivity (Wildman–Crippen MR) is 102 cm³/mol. The number of carbonyl (C=O) groups excluding carboxylic acids is 2. The average Bonchev–Trinajstić information content (AvgIpc) is 3.18. The number of anilines is 2. The first kappa shape index (κ1) is 18.4. The van der Waals surface area contributed by atoms with Gasteiger partial charge in [-0.3, -0.25) is 9.59 Å². The van der Waals surface area contributed by atoms with Crippen molar-refractivity contribution in [3.8, 4) is 0 Å². The summed E-state index contributed by atoms with van der Waals surface area (Å²) in [7, 11) is 0. The van der Waals surface area contributed by atoms with Gasteiger partial charge in [0.05, 0.1) is 17.5 Å². The smallest absolute Gasteiger partial charge is 0.337 e. The molecule has 0 fully saturated rings. The molecule has 2 aromatic carbocycles. The van der Waals surface area contributed by atoms with Gasteiger partial charge < -0.3 is 20.2 Å². The standard InChI is InChI=1S/C19H13BrN2O5/c20-12-5-8-15(14(10-12)19(25)26)22-17(23)11-3-6-13(7-4-11)21-18(24)16-2-1-9-27-16/h1-10H,(H,21,24)(H,22,23)(H,25,26). The lowest BCUT2D eigenvalue weighted by Gasteiger charge is -2.10. The quantitative estimate of drug-likeness (QED) is 0.562. The summed E-state index contributed by atoms with van der Waals surface area (Å²) in [5, 5.41) is 14.5. The van der Waals surface area contributed by atoms with Crippen molar-refractivity contribution in [3.63, 3.8) is 0 Å². The van der Waals surface area contributed by atoms with Crippen molar-refractivity contribution in [3.05, 3.63) is 82.2 Å². The molecule has 0 radical (unpaired) electrons. The fourth-order valence-corrected chi connectivity index (χ4v) is 2.66. The van der Waals surface area contributed by atoms with Gasteiger partial charge in [-0.2, -0.15) is 0 Å². The number of furan rings is 1. The lowest BCUT2D eigenvalue weighted by Crippen LogP contribution is -2.15. The highest BCUT2D eigenvalue weighted by atomic mass is 79.9. The number of hydrogen-bond acceptors (Lipinski definition) is 4. The molecule has 1 heterocycles. The third-order valence-corrected chi connectivity index (χ3v) is 4.10. The number of amides is 2. The van der Waals surface area contributed by atoms with Gasteiger partial charge in [0, 0.05) is 15.7 Å². The number of nitrogens with one attached hydrogen (secondary N) is 2. The maximum Gasteiger partial charge on any atom is 0.337 e. The Hall–Kier alpha value is -3.39. The second kappa shape index (κ2) is 7.88. The van der Waals surface area contributed by atoms with Crippen LogP contribution in [0.15, 0.2) is 69.8 Å². The fraction of sp³-hybridized carbons (Fsp3) is 0. The van der Waals surface area contributed by atoms with Gasteiger partial charge >= 0.3 is 5.97 Å². The zero-order valence-electron chi connectivity index (χ0n) is 13.7. The summed E-state index contributed by atoms with van der Waals surface area (Å²) in [6, 6.07) is 13.9. The highest BCUT2D eigenvalue weighted by Crippen LogP contribution is 2.22. The normalized spacial score (nSPS) is 10.3. The maximum atomic E-state index is 12.4. The minimum atomic E-state index is -1.15. The number of hydrogen-bond donors (Lipinski definition) is 3. The maximum absolute atomic E-state index is 12.4. The van der Waals surface area contributed by atoms with Crippen molar-refractivity contribution in [2.45, 2.75) is 0 Å². The van der Waals surface area contributed by atoms with Crippen LogP contribution >= 0.6 is 15.9 Å². The molecular weight excluding hydrogens is 416 g/mol. The SMILES string of the molecule is O=C(Nc1ccc(Br)cc1C(=O)O)c1ccc(NC(=O)c2ccco2)cc1. The first-order valence-corrected chi connectivity index (χ1v) is 8.52. The van der Waals surface area contributed by atoms with E-state index in [2.05, 4.69) is 26.6 Å². The van der Waals surface area contributed by atoms with Gasteiger partial charge in [-0.25, -0.2) is 4.79 Å². The molecule has 3 aromatic rings. The van der Waals surface area contributed by atoms with Gasteiger partial charge in [0.1, 0.15) is 0 Å². The average molecular weight is 429 g/mol. The van der Waals surface area contributed by atoms with Crippen LogP contribution in [-0.4, -0.2) is 22.9 Å². The van der Waals surface area contributed by atoms with Crippen LogP contribution in [0, 0.1) is 0 Å². The largest absolute Gasteiger partial charge is 0.478 e. The van der Waals surface area contributed by atoms with Crippen molar-refractivity contribution < 1.29 is 23.9 Å². The summed E-state index contributed by atoms with van der Waals surface area (Å²) in [6.45, 7) is 0. The lowest BCUT2D eigenvalue weighted by atomic mass is 10.1. The Bertz CT molecular complexity index is 997. The molecular formula is C19H13BrN2O5. The van der Waals surface area contributed by atoms with Crippen LogP contribution in [0.25, 0.3) is 0 Å². The second-order valence-corrected chi connectivity index (χ2v) is 6.37. The molecule has 0 aliphatic heterocycles. The van der Waals surface area contributed by atoms with Gasteiger partial charge in [-0.1, -0.05) is 15.9 Å². The lowest BCUT2D eigenvalue weighted by molar-refractivity contribution is 0.0697. The highest BCUT2D eigenvalue weighted by Gasteiger charge is 2.15. The predicted octanol–water partition coefficient (Wildman–Crippen LogP) is 4.24. The summed E-state index contributed by atoms with van der Waals surface area (Å²) in [4.78, 5) is 35.6. The van der Waals surface area contributed by atoms with E-state index in [0.717, 1.165) is 0 Å². The molecule has 0 aliphatic rings. The molecule has 0 saturated carbocycles. The summed E-state index contributed by atoms with van der Waals surface area (Å²) in [5.74, 6) is -1.85. The monoisotopic (exact) mass is 428 g/mol. The van der Waals surface area contributed by atoms with E-state index in [9.17, 15) is 19.5 Å². The zero-order chi connectivity index (χ0) is 19.4. The molecule has 0 unspecified atom stereocenters. The molecule has 136 valence electrons. The molecule has 27 heavy (non-hydrogen) atoms. The molecule has 0 aliphatic carbocycles. The Kier molecular flexibility index (Phi) is 5.37. The summed E-state index contributed by atoms with van der Waals surface area (Å²) in [5.41, 5.74) is 0.957. The van der Waals surface area contributed by atoms with Crippen molar-refractivity contribution in [1.82, 2.24) is 0 Å². The molecule has 0 spiro atoms. The van der Waals surface area contributed by atoms with Gasteiger partial charge in [0.15, 0.2) is 5.76 Å². The number of carboxylic acid groups (broad SMARTS) is 1. The van der Waals surface area contributed by atoms with E-state index >= 15 is 0 Å². The summed E-state index contributed by atoms with van der Waals surface area (Å²) in [6.07, 6.45) is 1.40. The van der Waals surface area contributed by atoms with Gasteiger partial charge in [-0.05, 0) is 54.6 Å². The molecule has 3 rings (SSSR count). The minimum absolute atomic E-state index is 0.0277. The molecule has 0 bridgehead atoms. The van der Waals surface area contributed by atoms with E-state index in [0.29, 0.717) is 15.7 Å². The third kappa shape index (κ3) is 4.42. The Morgan fingerprint density at radius 3 is 2.30 bits per heavy atom. The van der Waals surface area contributed by atoms with E-state index in [1.165, 1.54) is 36.6 Å². The summed E-state index contributed by atoms with van der Waals surface area (Å²) >= 11 is 3.20. The Morgan fingerprint density at radius 2 is 1.67 bits per heavy atom. The molecule has 2 amide bonds. The highest BCUT2D eigenvalue weighted by molar-refractivity contribution is 9.10. The molecule has 0 atom stereocenters. The minimum Gasteiger partial charge on any atom is -0.478 e.